The van der Waals surface area contributed by atoms with E-state index in [1.165, 1.54) is 6.20 Å². The molecule has 1 fully saturated rings. The van der Waals surface area contributed by atoms with Gasteiger partial charge in [-0.05, 0) is 25.3 Å². The lowest BCUT2D eigenvalue weighted by Crippen LogP contribution is -2.28. The Morgan fingerprint density at radius 3 is 2.74 bits per heavy atom. The van der Waals surface area contributed by atoms with Gasteiger partial charge in [-0.25, -0.2) is 13.4 Å². The molecule has 1 aliphatic rings. The highest BCUT2D eigenvalue weighted by molar-refractivity contribution is 7.89. The fraction of sp³-hybridized carbons (Fsp3) is 0.615. The van der Waals surface area contributed by atoms with Crippen molar-refractivity contribution in [1.82, 2.24) is 9.29 Å². The molecule has 0 saturated carbocycles. The SMILES string of the molecule is CCOc1ccc(S(=O)(=O)N2CC[C@H](CC)C2)cn1. The second kappa shape index (κ2) is 5.88. The smallest absolute Gasteiger partial charge is 0.244 e. The molecule has 5 nitrogen and oxygen atoms in total. The third-order valence-corrected chi connectivity index (χ3v) is 5.31. The average molecular weight is 284 g/mol. The van der Waals surface area contributed by atoms with Gasteiger partial charge < -0.3 is 4.74 Å². The molecule has 6 heteroatoms. The van der Waals surface area contributed by atoms with E-state index in [0.717, 1.165) is 12.8 Å². The predicted molar refractivity (Wildman–Crippen MR) is 72.6 cm³/mol. The normalized spacial score (nSPS) is 20.6. The summed E-state index contributed by atoms with van der Waals surface area (Å²) in [5.74, 6) is 0.930. The van der Waals surface area contributed by atoms with Crippen LogP contribution in [0.3, 0.4) is 0 Å². The number of aromatic nitrogens is 1. The van der Waals surface area contributed by atoms with E-state index in [1.807, 2.05) is 6.92 Å². The lowest BCUT2D eigenvalue weighted by molar-refractivity contribution is 0.326. The summed E-state index contributed by atoms with van der Waals surface area (Å²) in [6.45, 7) is 5.70. The number of nitrogens with zero attached hydrogens (tertiary/aromatic N) is 2. The summed E-state index contributed by atoms with van der Waals surface area (Å²) in [7, 11) is -3.40. The Labute approximate surface area is 114 Å². The fourth-order valence-electron chi connectivity index (χ4n) is 2.25. The first-order valence-corrected chi connectivity index (χ1v) is 8.11. The van der Waals surface area contributed by atoms with Gasteiger partial charge in [0.15, 0.2) is 0 Å². The molecule has 1 atom stereocenters. The summed E-state index contributed by atoms with van der Waals surface area (Å²) in [5, 5.41) is 0. The molecule has 19 heavy (non-hydrogen) atoms. The van der Waals surface area contributed by atoms with Crippen molar-refractivity contribution < 1.29 is 13.2 Å². The van der Waals surface area contributed by atoms with Gasteiger partial charge in [-0.15, -0.1) is 0 Å². The molecular weight excluding hydrogens is 264 g/mol. The molecule has 0 N–H and O–H groups in total. The zero-order valence-corrected chi connectivity index (χ0v) is 12.2. The molecule has 0 bridgehead atoms. The van der Waals surface area contributed by atoms with Gasteiger partial charge in [0.25, 0.3) is 0 Å². The first-order valence-electron chi connectivity index (χ1n) is 6.67. The number of hydrogen-bond donors (Lipinski definition) is 0. The zero-order chi connectivity index (χ0) is 13.9. The van der Waals surface area contributed by atoms with Gasteiger partial charge in [0.2, 0.25) is 15.9 Å². The van der Waals surface area contributed by atoms with E-state index in [2.05, 4.69) is 11.9 Å². The number of hydrogen-bond acceptors (Lipinski definition) is 4. The Morgan fingerprint density at radius 2 is 2.21 bits per heavy atom. The highest BCUT2D eigenvalue weighted by Gasteiger charge is 2.31. The average Bonchev–Trinajstić information content (AvgIpc) is 2.89. The maximum atomic E-state index is 12.4. The lowest BCUT2D eigenvalue weighted by atomic mass is 10.1. The van der Waals surface area contributed by atoms with Crippen molar-refractivity contribution in [2.45, 2.75) is 31.6 Å². The van der Waals surface area contributed by atoms with Crippen LogP contribution in [-0.2, 0) is 10.0 Å². The van der Waals surface area contributed by atoms with Crippen molar-refractivity contribution in [2.24, 2.45) is 5.92 Å². The second-order valence-electron chi connectivity index (χ2n) is 4.69. The molecule has 0 spiro atoms. The van der Waals surface area contributed by atoms with Crippen LogP contribution in [0.15, 0.2) is 23.2 Å². The summed E-state index contributed by atoms with van der Waals surface area (Å²) in [5.41, 5.74) is 0. The summed E-state index contributed by atoms with van der Waals surface area (Å²) in [6.07, 6.45) is 3.34. The molecule has 2 rings (SSSR count). The fourth-order valence-corrected chi connectivity index (χ4v) is 3.73. The van der Waals surface area contributed by atoms with Crippen molar-refractivity contribution in [1.29, 1.82) is 0 Å². The highest BCUT2D eigenvalue weighted by Crippen LogP contribution is 2.26. The quantitative estimate of drug-likeness (QED) is 0.828. The van der Waals surface area contributed by atoms with Gasteiger partial charge in [-0.3, -0.25) is 0 Å². The van der Waals surface area contributed by atoms with Gasteiger partial charge in [0.1, 0.15) is 4.90 Å². The zero-order valence-electron chi connectivity index (χ0n) is 11.4. The Bertz CT molecular complexity index is 513. The molecule has 0 aliphatic carbocycles. The van der Waals surface area contributed by atoms with Crippen LogP contribution < -0.4 is 4.74 Å². The standard InChI is InChI=1S/C13H20N2O3S/c1-3-11-7-8-15(10-11)19(16,17)12-5-6-13(14-9-12)18-4-2/h5-6,9,11H,3-4,7-8,10H2,1-2H3/t11-/m0/s1. The van der Waals surface area contributed by atoms with E-state index in [0.29, 0.717) is 31.5 Å². The summed E-state index contributed by atoms with van der Waals surface area (Å²) >= 11 is 0. The van der Waals surface area contributed by atoms with E-state index >= 15 is 0 Å². The minimum atomic E-state index is -3.40. The third-order valence-electron chi connectivity index (χ3n) is 3.47. The van der Waals surface area contributed by atoms with E-state index in [-0.39, 0.29) is 4.90 Å². The third kappa shape index (κ3) is 3.06. The Kier molecular flexibility index (Phi) is 4.42. The largest absolute Gasteiger partial charge is 0.478 e. The van der Waals surface area contributed by atoms with Crippen LogP contribution in [0, 0.1) is 5.92 Å². The molecule has 1 aromatic rings. The summed E-state index contributed by atoms with van der Waals surface area (Å²) in [4.78, 5) is 4.26. The van der Waals surface area contributed by atoms with Crippen LogP contribution in [0.1, 0.15) is 26.7 Å². The minimum Gasteiger partial charge on any atom is -0.478 e. The molecule has 0 aromatic carbocycles. The van der Waals surface area contributed by atoms with Crippen molar-refractivity contribution >= 4 is 10.0 Å². The van der Waals surface area contributed by atoms with Crippen molar-refractivity contribution in [3.63, 3.8) is 0 Å². The van der Waals surface area contributed by atoms with Crippen molar-refractivity contribution in [2.75, 3.05) is 19.7 Å². The Hall–Kier alpha value is -1.14. The van der Waals surface area contributed by atoms with Gasteiger partial charge in [-0.1, -0.05) is 13.3 Å². The number of ether oxygens (including phenoxy) is 1. The minimum absolute atomic E-state index is 0.243. The molecule has 1 aliphatic heterocycles. The summed E-state index contributed by atoms with van der Waals surface area (Å²) in [6, 6.07) is 3.16. The second-order valence-corrected chi connectivity index (χ2v) is 6.63. The maximum absolute atomic E-state index is 12.4. The van der Waals surface area contributed by atoms with Crippen molar-refractivity contribution in [3.8, 4) is 5.88 Å². The lowest BCUT2D eigenvalue weighted by Gasteiger charge is -2.16. The molecule has 2 heterocycles. The first-order chi connectivity index (χ1) is 9.07. The van der Waals surface area contributed by atoms with Crippen LogP contribution in [0.5, 0.6) is 5.88 Å². The van der Waals surface area contributed by atoms with Crippen LogP contribution in [0.25, 0.3) is 0 Å². The van der Waals surface area contributed by atoms with Crippen LogP contribution in [-0.4, -0.2) is 37.4 Å². The van der Waals surface area contributed by atoms with Crippen LogP contribution in [0.2, 0.25) is 0 Å². The van der Waals surface area contributed by atoms with Crippen molar-refractivity contribution in [3.05, 3.63) is 18.3 Å². The maximum Gasteiger partial charge on any atom is 0.244 e. The van der Waals surface area contributed by atoms with E-state index < -0.39 is 10.0 Å². The molecule has 1 saturated heterocycles. The molecule has 0 unspecified atom stereocenters. The molecule has 106 valence electrons. The van der Waals surface area contributed by atoms with Gasteiger partial charge in [0, 0.05) is 19.2 Å². The van der Waals surface area contributed by atoms with E-state index in [4.69, 9.17) is 4.74 Å². The number of rotatable bonds is 5. The topological polar surface area (TPSA) is 59.5 Å². The molecule has 1 aromatic heterocycles. The first kappa shape index (κ1) is 14.3. The Balaban J connectivity index is 2.15. The monoisotopic (exact) mass is 284 g/mol. The van der Waals surface area contributed by atoms with Gasteiger partial charge >= 0.3 is 0 Å². The Morgan fingerprint density at radius 1 is 1.42 bits per heavy atom. The van der Waals surface area contributed by atoms with Gasteiger partial charge in [0.05, 0.1) is 12.8 Å². The molecule has 0 radical (unpaired) electrons. The highest BCUT2D eigenvalue weighted by atomic mass is 32.2. The number of pyridine rings is 1. The molecular formula is C13H20N2O3S. The van der Waals surface area contributed by atoms with Gasteiger partial charge in [-0.2, -0.15) is 4.31 Å². The summed E-state index contributed by atoms with van der Waals surface area (Å²) < 4.78 is 31.6. The van der Waals surface area contributed by atoms with E-state index in [9.17, 15) is 8.42 Å². The molecule has 0 amide bonds. The van der Waals surface area contributed by atoms with Crippen LogP contribution >= 0.6 is 0 Å². The number of sulfonamides is 1. The predicted octanol–water partition coefficient (Wildman–Crippen LogP) is 1.90. The van der Waals surface area contributed by atoms with Crippen LogP contribution in [0.4, 0.5) is 0 Å². The van der Waals surface area contributed by atoms with E-state index in [1.54, 1.807) is 16.4 Å².